The number of amides is 4. The molecule has 0 unspecified atom stereocenters. The lowest BCUT2D eigenvalue weighted by atomic mass is 10.2. The van der Waals surface area contributed by atoms with E-state index in [1.165, 1.54) is 24.3 Å². The molecule has 0 heterocycles. The molecule has 0 fully saturated rings. The number of carbonyl (C=O) groups excluding carboxylic acids is 2. The first-order chi connectivity index (χ1) is 19.2. The smallest absolute Gasteiger partial charge is 0.323 e. The van der Waals surface area contributed by atoms with Crippen LogP contribution in [0.2, 0.25) is 0 Å². The molecule has 0 aromatic heterocycles. The van der Waals surface area contributed by atoms with Gasteiger partial charge in [0.25, 0.3) is 0 Å². The Morgan fingerprint density at radius 3 is 1.23 bits per heavy atom. The van der Waals surface area contributed by atoms with Gasteiger partial charge in [-0.25, -0.2) is 9.59 Å². The van der Waals surface area contributed by atoms with E-state index in [4.69, 9.17) is 10.5 Å². The summed E-state index contributed by atoms with van der Waals surface area (Å²) in [5.74, 6) is -0.505. The summed E-state index contributed by atoms with van der Waals surface area (Å²) in [6, 6.07) is 26.0. The Kier molecular flexibility index (Phi) is 10.5. The number of nitriles is 2. The van der Waals surface area contributed by atoms with E-state index in [1.807, 2.05) is 24.3 Å². The van der Waals surface area contributed by atoms with Crippen LogP contribution in [0.5, 0.6) is 11.5 Å². The van der Waals surface area contributed by atoms with Gasteiger partial charge in [-0.1, -0.05) is 36.4 Å². The van der Waals surface area contributed by atoms with E-state index in [-0.39, 0.29) is 34.0 Å². The summed E-state index contributed by atoms with van der Waals surface area (Å²) in [6.07, 6.45) is 0. The van der Waals surface area contributed by atoms with Crippen molar-refractivity contribution >= 4 is 66.7 Å². The molecule has 0 atom stereocenters. The van der Waals surface area contributed by atoms with Gasteiger partial charge < -0.3 is 31.5 Å². The van der Waals surface area contributed by atoms with Gasteiger partial charge in [0.1, 0.15) is 12.1 Å². The number of urea groups is 2. The third-order valence-electron chi connectivity index (χ3n) is 5.05. The second kappa shape index (κ2) is 14.2. The van der Waals surface area contributed by atoms with Gasteiger partial charge in [-0.05, 0) is 80.4 Å². The molecule has 0 aliphatic carbocycles. The van der Waals surface area contributed by atoms with Crippen molar-refractivity contribution in [2.45, 2.75) is 0 Å². The number of carbonyl (C=O) groups is 2. The molecule has 4 rings (SSSR count). The summed E-state index contributed by atoms with van der Waals surface area (Å²) in [5.41, 5.74) is 1.75. The normalized spacial score (nSPS) is 9.60. The van der Waals surface area contributed by atoms with Gasteiger partial charge in [0.05, 0.1) is 33.9 Å². The maximum atomic E-state index is 11.8. The first-order valence-electron chi connectivity index (χ1n) is 11.3. The third kappa shape index (κ3) is 7.98. The van der Waals surface area contributed by atoms with Crippen LogP contribution in [-0.4, -0.2) is 22.3 Å². The van der Waals surface area contributed by atoms with Gasteiger partial charge in [0.2, 0.25) is 0 Å². The Hall–Kier alpha value is -5.04. The Balaban J connectivity index is 0.000000220. The van der Waals surface area contributed by atoms with E-state index in [1.54, 1.807) is 48.5 Å². The number of halogens is 2. The molecule has 0 aliphatic rings. The summed E-state index contributed by atoms with van der Waals surface area (Å²) in [4.78, 5) is 23.7. The number of aromatic hydroxyl groups is 2. The second-order valence-electron chi connectivity index (χ2n) is 7.75. The largest absolute Gasteiger partial charge is 0.504 e. The highest BCUT2D eigenvalue weighted by molar-refractivity contribution is 9.11. The Bertz CT molecular complexity index is 1510. The molecule has 0 aliphatic heterocycles. The number of benzene rings is 4. The number of para-hydroxylation sites is 4. The minimum absolute atomic E-state index is 0.101. The molecular weight excluding hydrogens is 644 g/mol. The average Bonchev–Trinajstić information content (AvgIpc) is 2.94. The minimum atomic E-state index is -0.512. The summed E-state index contributed by atoms with van der Waals surface area (Å²) >= 11 is 6.63. The zero-order valence-electron chi connectivity index (χ0n) is 20.4. The topological polar surface area (TPSA) is 170 Å². The first kappa shape index (κ1) is 29.5. The van der Waals surface area contributed by atoms with Crippen molar-refractivity contribution in [3.05, 3.63) is 105 Å². The van der Waals surface area contributed by atoms with Crippen molar-refractivity contribution in [1.29, 1.82) is 10.5 Å². The maximum Gasteiger partial charge on any atom is 0.323 e. The van der Waals surface area contributed by atoms with Crippen molar-refractivity contribution in [1.82, 2.24) is 0 Å². The molecule has 10 nitrogen and oxygen atoms in total. The van der Waals surface area contributed by atoms with Gasteiger partial charge in [-0.3, -0.25) is 0 Å². The van der Waals surface area contributed by atoms with E-state index in [2.05, 4.69) is 53.1 Å². The summed E-state index contributed by atoms with van der Waals surface area (Å²) in [6.45, 7) is 0. The number of nitrogens with zero attached hydrogens (tertiary/aromatic N) is 2. The fraction of sp³-hybridized carbons (Fsp3) is 0. The van der Waals surface area contributed by atoms with Gasteiger partial charge >= 0.3 is 12.1 Å². The van der Waals surface area contributed by atoms with Crippen LogP contribution in [0.25, 0.3) is 0 Å². The molecule has 4 aromatic rings. The van der Waals surface area contributed by atoms with E-state index in [0.717, 1.165) is 8.95 Å². The average molecular weight is 664 g/mol. The summed E-state index contributed by atoms with van der Waals surface area (Å²) in [7, 11) is 0. The fourth-order valence-corrected chi connectivity index (χ4v) is 3.91. The van der Waals surface area contributed by atoms with Crippen LogP contribution >= 0.6 is 31.9 Å². The monoisotopic (exact) mass is 662 g/mol. The number of hydrogen-bond acceptors (Lipinski definition) is 6. The number of phenols is 2. The molecule has 0 spiro atoms. The number of hydrogen-bond donors (Lipinski definition) is 6. The van der Waals surface area contributed by atoms with Crippen molar-refractivity contribution in [3.63, 3.8) is 0 Å². The molecule has 0 saturated heterocycles. The van der Waals surface area contributed by atoms with Crippen LogP contribution in [0.3, 0.4) is 0 Å². The number of rotatable bonds is 4. The predicted octanol–water partition coefficient (Wildman–Crippen LogP) is 7.34. The molecule has 12 heteroatoms. The van der Waals surface area contributed by atoms with E-state index in [9.17, 15) is 19.8 Å². The van der Waals surface area contributed by atoms with Gasteiger partial charge in [-0.15, -0.1) is 0 Å². The number of phenolic OH excluding ortho intramolecular Hbond substituents is 2. The summed E-state index contributed by atoms with van der Waals surface area (Å²) in [5, 5.41) is 47.4. The van der Waals surface area contributed by atoms with E-state index in [0.29, 0.717) is 11.4 Å². The lowest BCUT2D eigenvalue weighted by Crippen LogP contribution is -2.19. The van der Waals surface area contributed by atoms with Crippen molar-refractivity contribution in [3.8, 4) is 23.6 Å². The molecule has 0 radical (unpaired) electrons. The molecule has 4 amide bonds. The lowest BCUT2D eigenvalue weighted by Gasteiger charge is -2.10. The minimum Gasteiger partial charge on any atom is -0.504 e. The number of nitrogens with one attached hydrogen (secondary N) is 4. The van der Waals surface area contributed by atoms with Crippen LogP contribution in [0.15, 0.2) is 93.9 Å². The van der Waals surface area contributed by atoms with Gasteiger partial charge in [0, 0.05) is 8.95 Å². The Morgan fingerprint density at radius 2 is 0.875 bits per heavy atom. The highest BCUT2D eigenvalue weighted by atomic mass is 79.9. The highest BCUT2D eigenvalue weighted by Gasteiger charge is 2.12. The fourth-order valence-electron chi connectivity index (χ4n) is 3.15. The standard InChI is InChI=1S/2C14H10BrN3O2/c2*15-10-5-1-2-6-11(10)17-14(20)18-12-7-3-4-9(8-16)13(12)19/h2*1-7,19H,(H2,17,18,20). The van der Waals surface area contributed by atoms with Gasteiger partial charge in [0.15, 0.2) is 11.5 Å². The Labute approximate surface area is 246 Å². The van der Waals surface area contributed by atoms with Crippen LogP contribution in [-0.2, 0) is 0 Å². The molecule has 200 valence electrons. The highest BCUT2D eigenvalue weighted by Crippen LogP contribution is 2.29. The van der Waals surface area contributed by atoms with Crippen molar-refractivity contribution < 1.29 is 19.8 Å². The Morgan fingerprint density at radius 1 is 0.550 bits per heavy atom. The molecule has 0 saturated carbocycles. The van der Waals surface area contributed by atoms with E-state index >= 15 is 0 Å². The second-order valence-corrected chi connectivity index (χ2v) is 9.45. The van der Waals surface area contributed by atoms with Crippen molar-refractivity contribution in [2.24, 2.45) is 0 Å². The third-order valence-corrected chi connectivity index (χ3v) is 6.44. The SMILES string of the molecule is N#Cc1cccc(NC(=O)Nc2ccccc2Br)c1O.N#Cc1cccc(NC(=O)Nc2ccccc2Br)c1O. The summed E-state index contributed by atoms with van der Waals surface area (Å²) < 4.78 is 1.48. The van der Waals surface area contributed by atoms with E-state index < -0.39 is 12.1 Å². The number of anilines is 4. The lowest BCUT2D eigenvalue weighted by molar-refractivity contribution is 0.261. The zero-order valence-corrected chi connectivity index (χ0v) is 23.6. The zero-order chi connectivity index (χ0) is 29.1. The maximum absolute atomic E-state index is 11.8. The molecular formula is C28H20Br2N6O4. The molecule has 6 N–H and O–H groups in total. The first-order valence-corrected chi connectivity index (χ1v) is 12.9. The van der Waals surface area contributed by atoms with Crippen LogP contribution in [0.1, 0.15) is 11.1 Å². The quantitative estimate of drug-likeness (QED) is 0.125. The molecule has 0 bridgehead atoms. The van der Waals surface area contributed by atoms with Crippen LogP contribution in [0, 0.1) is 22.7 Å². The molecule has 4 aromatic carbocycles. The van der Waals surface area contributed by atoms with Crippen LogP contribution in [0.4, 0.5) is 32.3 Å². The van der Waals surface area contributed by atoms with Crippen molar-refractivity contribution in [2.75, 3.05) is 21.3 Å². The van der Waals surface area contributed by atoms with Gasteiger partial charge in [-0.2, -0.15) is 10.5 Å². The van der Waals surface area contributed by atoms with Crippen LogP contribution < -0.4 is 21.3 Å². The predicted molar refractivity (Wildman–Crippen MR) is 159 cm³/mol. The molecule has 40 heavy (non-hydrogen) atoms.